The predicted molar refractivity (Wildman–Crippen MR) is 91.0 cm³/mol. The van der Waals surface area contributed by atoms with Crippen molar-refractivity contribution in [2.45, 2.75) is 32.7 Å². The third kappa shape index (κ3) is 3.36. The van der Waals surface area contributed by atoms with Crippen molar-refractivity contribution in [2.24, 2.45) is 5.92 Å². The molecule has 2 aromatic rings. The molecule has 1 aromatic heterocycles. The van der Waals surface area contributed by atoms with Crippen LogP contribution in [0.2, 0.25) is 0 Å². The third-order valence-corrected chi connectivity index (χ3v) is 4.44. The number of hydrogen-bond donors (Lipinski definition) is 0. The zero-order chi connectivity index (χ0) is 16.4. The average Bonchev–Trinajstić information content (AvgIpc) is 3.41. The number of nitrogens with zero attached hydrogens (tertiary/aromatic N) is 2. The van der Waals surface area contributed by atoms with E-state index in [9.17, 15) is 4.79 Å². The van der Waals surface area contributed by atoms with Gasteiger partial charge in [0.1, 0.15) is 5.75 Å². The molecule has 4 heteroatoms. The third-order valence-electron chi connectivity index (χ3n) is 4.44. The molecule has 0 aliphatic heterocycles. The molecule has 120 valence electrons. The van der Waals surface area contributed by atoms with Crippen molar-refractivity contribution in [3.63, 3.8) is 0 Å². The first-order chi connectivity index (χ1) is 11.1. The van der Waals surface area contributed by atoms with Crippen LogP contribution in [0.25, 0.3) is 0 Å². The van der Waals surface area contributed by atoms with Gasteiger partial charge in [0.2, 0.25) is 0 Å². The number of aromatic nitrogens is 1. The van der Waals surface area contributed by atoms with E-state index >= 15 is 0 Å². The highest BCUT2D eigenvalue weighted by Crippen LogP contribution is 2.37. The number of methoxy groups -OCH3 is 1. The summed E-state index contributed by atoms with van der Waals surface area (Å²) in [6, 6.07) is 11.6. The quantitative estimate of drug-likeness (QED) is 0.842. The van der Waals surface area contributed by atoms with E-state index in [-0.39, 0.29) is 11.9 Å². The lowest BCUT2D eigenvalue weighted by atomic mass is 10.1. The SMILES string of the molecule is COc1ccc(N(C(=O)c2ccc(C)nc2)C(C)C2CC2)cc1. The number of ether oxygens (including phenoxy) is 1. The second-order valence-corrected chi connectivity index (χ2v) is 6.14. The van der Waals surface area contributed by atoms with E-state index < -0.39 is 0 Å². The van der Waals surface area contributed by atoms with Crippen molar-refractivity contribution in [1.29, 1.82) is 0 Å². The van der Waals surface area contributed by atoms with Crippen LogP contribution in [0.3, 0.4) is 0 Å². The van der Waals surface area contributed by atoms with E-state index in [1.54, 1.807) is 13.3 Å². The van der Waals surface area contributed by atoms with Gasteiger partial charge < -0.3 is 9.64 Å². The zero-order valence-corrected chi connectivity index (χ0v) is 13.8. The normalized spacial score (nSPS) is 15.1. The van der Waals surface area contributed by atoms with Gasteiger partial charge in [-0.2, -0.15) is 0 Å². The molecule has 1 unspecified atom stereocenters. The highest BCUT2D eigenvalue weighted by Gasteiger charge is 2.35. The Bertz CT molecular complexity index is 676. The van der Waals surface area contributed by atoms with Crippen LogP contribution >= 0.6 is 0 Å². The molecule has 1 aromatic carbocycles. The molecule has 1 heterocycles. The Morgan fingerprint density at radius 3 is 2.43 bits per heavy atom. The molecule has 0 bridgehead atoms. The number of pyridine rings is 1. The minimum atomic E-state index is 0.00191. The van der Waals surface area contributed by atoms with Gasteiger partial charge in [0.15, 0.2) is 0 Å². The van der Waals surface area contributed by atoms with Gasteiger partial charge in [-0.25, -0.2) is 0 Å². The molecule has 23 heavy (non-hydrogen) atoms. The van der Waals surface area contributed by atoms with Gasteiger partial charge in [-0.05, 0) is 69.0 Å². The van der Waals surface area contributed by atoms with Gasteiger partial charge in [0, 0.05) is 23.6 Å². The van der Waals surface area contributed by atoms with Crippen LogP contribution in [0.1, 0.15) is 35.8 Å². The molecule has 3 rings (SSSR count). The van der Waals surface area contributed by atoms with Crippen LogP contribution in [0, 0.1) is 12.8 Å². The van der Waals surface area contributed by atoms with E-state index in [4.69, 9.17) is 4.74 Å². The number of anilines is 1. The van der Waals surface area contributed by atoms with E-state index in [1.807, 2.05) is 48.2 Å². The zero-order valence-electron chi connectivity index (χ0n) is 13.8. The largest absolute Gasteiger partial charge is 0.497 e. The van der Waals surface area contributed by atoms with Crippen molar-refractivity contribution < 1.29 is 9.53 Å². The summed E-state index contributed by atoms with van der Waals surface area (Å²) < 4.78 is 5.21. The molecule has 1 aliphatic rings. The Morgan fingerprint density at radius 1 is 1.22 bits per heavy atom. The topological polar surface area (TPSA) is 42.4 Å². The Balaban J connectivity index is 1.93. The minimum Gasteiger partial charge on any atom is -0.497 e. The molecular weight excluding hydrogens is 288 g/mol. The number of carbonyl (C=O) groups excluding carboxylic acids is 1. The predicted octanol–water partition coefficient (Wildman–Crippen LogP) is 3.84. The fraction of sp³-hybridized carbons (Fsp3) is 0.368. The summed E-state index contributed by atoms with van der Waals surface area (Å²) in [5.74, 6) is 1.37. The number of rotatable bonds is 5. The Kier molecular flexibility index (Phi) is 4.33. The maximum Gasteiger partial charge on any atom is 0.260 e. The minimum absolute atomic E-state index is 0.00191. The van der Waals surface area contributed by atoms with Crippen LogP contribution in [0.4, 0.5) is 5.69 Å². The number of hydrogen-bond acceptors (Lipinski definition) is 3. The van der Waals surface area contributed by atoms with Gasteiger partial charge in [-0.1, -0.05) is 0 Å². The summed E-state index contributed by atoms with van der Waals surface area (Å²) in [5, 5.41) is 0. The number of benzene rings is 1. The summed E-state index contributed by atoms with van der Waals surface area (Å²) in [4.78, 5) is 19.2. The molecule has 1 atom stereocenters. The van der Waals surface area contributed by atoms with Crippen LogP contribution in [0.5, 0.6) is 5.75 Å². The number of amides is 1. The van der Waals surface area contributed by atoms with Crippen LogP contribution < -0.4 is 9.64 Å². The summed E-state index contributed by atoms with van der Waals surface area (Å²) in [7, 11) is 1.64. The van der Waals surface area contributed by atoms with Crippen molar-refractivity contribution in [3.05, 3.63) is 53.9 Å². The second-order valence-electron chi connectivity index (χ2n) is 6.14. The van der Waals surface area contributed by atoms with Crippen molar-refractivity contribution >= 4 is 11.6 Å². The fourth-order valence-corrected chi connectivity index (χ4v) is 2.80. The summed E-state index contributed by atoms with van der Waals surface area (Å²) in [6.07, 6.45) is 4.04. The highest BCUT2D eigenvalue weighted by atomic mass is 16.5. The average molecular weight is 310 g/mol. The fourth-order valence-electron chi connectivity index (χ4n) is 2.80. The lowest BCUT2D eigenvalue weighted by Gasteiger charge is -2.29. The van der Waals surface area contributed by atoms with E-state index in [2.05, 4.69) is 11.9 Å². The van der Waals surface area contributed by atoms with Crippen LogP contribution in [0.15, 0.2) is 42.6 Å². The summed E-state index contributed by atoms with van der Waals surface area (Å²) in [6.45, 7) is 4.05. The molecule has 0 spiro atoms. The molecule has 4 nitrogen and oxygen atoms in total. The molecule has 1 saturated carbocycles. The number of aryl methyl sites for hydroxylation is 1. The first-order valence-electron chi connectivity index (χ1n) is 8.00. The summed E-state index contributed by atoms with van der Waals surface area (Å²) in [5.41, 5.74) is 2.43. The van der Waals surface area contributed by atoms with Crippen LogP contribution in [-0.4, -0.2) is 24.0 Å². The van der Waals surface area contributed by atoms with Gasteiger partial charge >= 0.3 is 0 Å². The Hall–Kier alpha value is -2.36. The van der Waals surface area contributed by atoms with Crippen molar-refractivity contribution in [1.82, 2.24) is 4.98 Å². The number of carbonyl (C=O) groups is 1. The van der Waals surface area contributed by atoms with Gasteiger partial charge in [0.05, 0.1) is 12.7 Å². The lowest BCUT2D eigenvalue weighted by Crippen LogP contribution is -2.40. The molecule has 1 fully saturated rings. The van der Waals surface area contributed by atoms with E-state index in [1.165, 1.54) is 12.8 Å². The molecule has 0 radical (unpaired) electrons. The van der Waals surface area contributed by atoms with Gasteiger partial charge in [-0.3, -0.25) is 9.78 Å². The van der Waals surface area contributed by atoms with Crippen LogP contribution in [-0.2, 0) is 0 Å². The first kappa shape index (κ1) is 15.5. The first-order valence-corrected chi connectivity index (χ1v) is 8.00. The van der Waals surface area contributed by atoms with Gasteiger partial charge in [-0.15, -0.1) is 0 Å². The monoisotopic (exact) mass is 310 g/mol. The maximum atomic E-state index is 13.0. The van der Waals surface area contributed by atoms with E-state index in [0.717, 1.165) is 17.1 Å². The molecule has 0 N–H and O–H groups in total. The van der Waals surface area contributed by atoms with E-state index in [0.29, 0.717) is 11.5 Å². The second kappa shape index (κ2) is 6.41. The highest BCUT2D eigenvalue weighted by molar-refractivity contribution is 6.06. The Morgan fingerprint density at radius 2 is 1.91 bits per heavy atom. The molecule has 1 aliphatic carbocycles. The standard InChI is InChI=1S/C19H22N2O2/c1-13-4-5-16(12-20-13)19(22)21(14(2)15-6-7-15)17-8-10-18(23-3)11-9-17/h4-5,8-12,14-15H,6-7H2,1-3H3. The van der Waals surface area contributed by atoms with Crippen molar-refractivity contribution in [3.8, 4) is 5.75 Å². The lowest BCUT2D eigenvalue weighted by molar-refractivity contribution is 0.0975. The Labute approximate surface area is 137 Å². The molecule has 1 amide bonds. The van der Waals surface area contributed by atoms with Crippen molar-refractivity contribution in [2.75, 3.05) is 12.0 Å². The maximum absolute atomic E-state index is 13.0. The molecule has 0 saturated heterocycles. The van der Waals surface area contributed by atoms with Gasteiger partial charge in [0.25, 0.3) is 5.91 Å². The smallest absolute Gasteiger partial charge is 0.260 e. The molecular formula is C19H22N2O2. The summed E-state index contributed by atoms with van der Waals surface area (Å²) >= 11 is 0.